The molecule has 2 amide bonds. The maximum absolute atomic E-state index is 13.2. The third kappa shape index (κ3) is 7.71. The smallest absolute Gasteiger partial charge is 0.336 e. The second kappa shape index (κ2) is 13.7. The van der Waals surface area contributed by atoms with Gasteiger partial charge in [0.15, 0.2) is 0 Å². The summed E-state index contributed by atoms with van der Waals surface area (Å²) in [6.07, 6.45) is 5.79. The van der Waals surface area contributed by atoms with Crippen molar-refractivity contribution in [3.8, 4) is 0 Å². The van der Waals surface area contributed by atoms with Crippen molar-refractivity contribution in [1.82, 2.24) is 19.6 Å². The molecule has 1 aromatic heterocycles. The number of amides is 2. The van der Waals surface area contributed by atoms with E-state index in [-0.39, 0.29) is 53.6 Å². The molecule has 7 rings (SSSR count). The van der Waals surface area contributed by atoms with Gasteiger partial charge in [0.25, 0.3) is 5.91 Å². The molecule has 3 heterocycles. The van der Waals surface area contributed by atoms with E-state index in [2.05, 4.69) is 31.1 Å². The first kappa shape index (κ1) is 34.7. The van der Waals surface area contributed by atoms with Crippen LogP contribution in [0.3, 0.4) is 0 Å². The van der Waals surface area contributed by atoms with Crippen LogP contribution in [0.1, 0.15) is 95.7 Å². The SMILES string of the molecule is CC1(C)CC1C(=O)N1CC2(CCN(C(=O)c3cnn(Cc4ccccc4)c3)C2)C1.COCc1cccc(C2CCC(F)(F)CC2)c1C(=O)O. The number of likely N-dealkylation sites (tertiary alicyclic amines) is 2. The molecule has 262 valence electrons. The van der Waals surface area contributed by atoms with E-state index < -0.39 is 11.9 Å². The van der Waals surface area contributed by atoms with Crippen LogP contribution >= 0.6 is 0 Å². The largest absolute Gasteiger partial charge is 0.478 e. The predicted octanol–water partition coefficient (Wildman–Crippen LogP) is 6.48. The molecule has 1 atom stereocenters. The number of hydrogen-bond donors (Lipinski definition) is 1. The molecule has 4 fully saturated rings. The van der Waals surface area contributed by atoms with Crippen molar-refractivity contribution in [2.45, 2.75) is 77.4 Å². The summed E-state index contributed by atoms with van der Waals surface area (Å²) in [7, 11) is 1.50. The van der Waals surface area contributed by atoms with Crippen LogP contribution in [0.4, 0.5) is 8.78 Å². The first-order chi connectivity index (χ1) is 23.3. The molecule has 2 saturated carbocycles. The van der Waals surface area contributed by atoms with Gasteiger partial charge in [-0.3, -0.25) is 14.3 Å². The highest BCUT2D eigenvalue weighted by Gasteiger charge is 2.57. The van der Waals surface area contributed by atoms with Gasteiger partial charge in [0.2, 0.25) is 11.8 Å². The third-order valence-electron chi connectivity index (χ3n) is 10.8. The number of carbonyl (C=O) groups excluding carboxylic acids is 2. The fourth-order valence-electron chi connectivity index (χ4n) is 7.76. The fourth-order valence-corrected chi connectivity index (χ4v) is 7.76. The zero-order valence-corrected chi connectivity index (χ0v) is 28.5. The number of carbonyl (C=O) groups is 3. The number of ether oxygens (including phenoxy) is 1. The number of carboxylic acids is 1. The van der Waals surface area contributed by atoms with E-state index in [0.29, 0.717) is 42.0 Å². The molecule has 2 aliphatic carbocycles. The van der Waals surface area contributed by atoms with Crippen LogP contribution in [0.5, 0.6) is 0 Å². The number of methoxy groups -OCH3 is 1. The number of carboxylic acid groups (broad SMARTS) is 1. The lowest BCUT2D eigenvalue weighted by molar-refractivity contribution is -0.144. The lowest BCUT2D eigenvalue weighted by Gasteiger charge is -2.48. The van der Waals surface area contributed by atoms with E-state index in [0.717, 1.165) is 44.6 Å². The summed E-state index contributed by atoms with van der Waals surface area (Å²) < 4.78 is 33.3. The Balaban J connectivity index is 0.000000183. The average Bonchev–Trinajstić information content (AvgIpc) is 3.38. The molecule has 3 aromatic rings. The summed E-state index contributed by atoms with van der Waals surface area (Å²) >= 11 is 0. The molecule has 1 spiro atoms. The van der Waals surface area contributed by atoms with Gasteiger partial charge >= 0.3 is 5.97 Å². The zero-order chi connectivity index (χ0) is 35.0. The van der Waals surface area contributed by atoms with Crippen LogP contribution in [0, 0.1) is 16.7 Å². The minimum absolute atomic E-state index is 0.0503. The number of aromatic carboxylic acids is 1. The fraction of sp³-hybridized carbons (Fsp3) is 0.526. The van der Waals surface area contributed by atoms with Gasteiger partial charge in [-0.1, -0.05) is 62.4 Å². The number of rotatable bonds is 8. The summed E-state index contributed by atoms with van der Waals surface area (Å²) in [5.74, 6) is -3.18. The molecule has 1 unspecified atom stereocenters. The Kier molecular flexibility index (Phi) is 9.68. The van der Waals surface area contributed by atoms with Crippen LogP contribution in [-0.4, -0.2) is 81.7 Å². The van der Waals surface area contributed by atoms with E-state index in [4.69, 9.17) is 4.74 Å². The summed E-state index contributed by atoms with van der Waals surface area (Å²) in [6, 6.07) is 15.3. The molecule has 0 bridgehead atoms. The first-order valence-electron chi connectivity index (χ1n) is 17.2. The second-order valence-corrected chi connectivity index (χ2v) is 15.1. The maximum Gasteiger partial charge on any atom is 0.336 e. The molecule has 2 aromatic carbocycles. The van der Waals surface area contributed by atoms with Crippen molar-refractivity contribution < 1.29 is 33.0 Å². The van der Waals surface area contributed by atoms with Crippen LogP contribution in [0.15, 0.2) is 60.9 Å². The highest BCUT2D eigenvalue weighted by atomic mass is 19.3. The van der Waals surface area contributed by atoms with Gasteiger partial charge in [0.1, 0.15) is 0 Å². The molecule has 2 saturated heterocycles. The normalized spacial score (nSPS) is 21.9. The van der Waals surface area contributed by atoms with Crippen LogP contribution < -0.4 is 0 Å². The molecule has 11 heteroatoms. The Morgan fingerprint density at radius 1 is 0.959 bits per heavy atom. The summed E-state index contributed by atoms with van der Waals surface area (Å²) in [5.41, 5.74) is 3.54. The lowest BCUT2D eigenvalue weighted by Crippen LogP contribution is -2.60. The Hall–Kier alpha value is -4.12. The van der Waals surface area contributed by atoms with Crippen LogP contribution in [0.2, 0.25) is 0 Å². The molecule has 49 heavy (non-hydrogen) atoms. The molecule has 1 N–H and O–H groups in total. The summed E-state index contributed by atoms with van der Waals surface area (Å²) in [5, 5.41) is 13.8. The van der Waals surface area contributed by atoms with Crippen molar-refractivity contribution in [2.75, 3.05) is 33.3 Å². The first-order valence-corrected chi connectivity index (χ1v) is 17.2. The molecule has 4 aliphatic rings. The monoisotopic (exact) mass is 676 g/mol. The molecule has 2 aliphatic heterocycles. The van der Waals surface area contributed by atoms with E-state index in [9.17, 15) is 28.3 Å². The summed E-state index contributed by atoms with van der Waals surface area (Å²) in [6.45, 7) is 8.31. The minimum atomic E-state index is -2.61. The van der Waals surface area contributed by atoms with Gasteiger partial charge in [0, 0.05) is 63.7 Å². The number of halogens is 2. The number of aromatic nitrogens is 2. The standard InChI is InChI=1S/C23H28N4O2.C15H18F2O3/c1-22(2)10-19(22)21(29)26-15-23(16-26)8-9-25(14-23)20(28)18-11-24-27(13-18)12-17-6-4-3-5-7-17;1-20-9-11-3-2-4-12(13(11)14(18)19)10-5-7-15(16,17)8-6-10/h3-7,11,13,19H,8-10,12,14-16H2,1-2H3;2-4,10H,5-9H2,1H3,(H,18,19). The number of alkyl halides is 2. The molecule has 0 radical (unpaired) electrons. The van der Waals surface area contributed by atoms with Crippen LogP contribution in [-0.2, 0) is 22.7 Å². The van der Waals surface area contributed by atoms with Crippen molar-refractivity contribution in [1.29, 1.82) is 0 Å². The maximum atomic E-state index is 13.2. The van der Waals surface area contributed by atoms with E-state index in [1.807, 2.05) is 38.9 Å². The van der Waals surface area contributed by atoms with Crippen LogP contribution in [0.25, 0.3) is 0 Å². The Labute approximate surface area is 286 Å². The minimum Gasteiger partial charge on any atom is -0.478 e. The topological polar surface area (TPSA) is 105 Å². The van der Waals surface area contributed by atoms with Crippen molar-refractivity contribution in [3.05, 3.63) is 88.7 Å². The Morgan fingerprint density at radius 2 is 1.63 bits per heavy atom. The van der Waals surface area contributed by atoms with E-state index in [1.54, 1.807) is 24.4 Å². The Morgan fingerprint density at radius 3 is 2.27 bits per heavy atom. The van der Waals surface area contributed by atoms with Gasteiger partial charge in [-0.05, 0) is 53.7 Å². The zero-order valence-electron chi connectivity index (χ0n) is 28.5. The van der Waals surface area contributed by atoms with Gasteiger partial charge in [0.05, 0.1) is 30.5 Å². The van der Waals surface area contributed by atoms with Gasteiger partial charge in [-0.2, -0.15) is 5.10 Å². The van der Waals surface area contributed by atoms with Gasteiger partial charge in [-0.25, -0.2) is 13.6 Å². The molecular formula is C38H46F2N4O5. The van der Waals surface area contributed by atoms with Gasteiger partial charge in [-0.15, -0.1) is 0 Å². The molecule has 9 nitrogen and oxygen atoms in total. The number of benzene rings is 2. The number of nitrogens with zero attached hydrogens (tertiary/aromatic N) is 4. The Bertz CT molecular complexity index is 1670. The lowest BCUT2D eigenvalue weighted by atomic mass is 9.78. The van der Waals surface area contributed by atoms with E-state index >= 15 is 0 Å². The van der Waals surface area contributed by atoms with Crippen molar-refractivity contribution in [2.24, 2.45) is 16.7 Å². The average molecular weight is 677 g/mol. The summed E-state index contributed by atoms with van der Waals surface area (Å²) in [4.78, 5) is 40.9. The van der Waals surface area contributed by atoms with Gasteiger partial charge < -0.3 is 19.6 Å². The van der Waals surface area contributed by atoms with Crippen molar-refractivity contribution in [3.63, 3.8) is 0 Å². The predicted molar refractivity (Wildman–Crippen MR) is 179 cm³/mol. The quantitative estimate of drug-likeness (QED) is 0.293. The molecular weight excluding hydrogens is 630 g/mol. The van der Waals surface area contributed by atoms with Crippen molar-refractivity contribution >= 4 is 17.8 Å². The highest BCUT2D eigenvalue weighted by Crippen LogP contribution is 2.54. The third-order valence-corrected chi connectivity index (χ3v) is 10.8. The van der Waals surface area contributed by atoms with E-state index in [1.165, 1.54) is 7.11 Å². The number of hydrogen-bond acceptors (Lipinski definition) is 5. The second-order valence-electron chi connectivity index (χ2n) is 15.1. The highest BCUT2D eigenvalue weighted by molar-refractivity contribution is 5.94.